The molecule has 1 aromatic heterocycles. The predicted octanol–water partition coefficient (Wildman–Crippen LogP) is 2.58. The van der Waals surface area contributed by atoms with Crippen LogP contribution in [0.4, 0.5) is 0 Å². The summed E-state index contributed by atoms with van der Waals surface area (Å²) in [5.41, 5.74) is 5.45. The fraction of sp³-hybridized carbons (Fsp3) is 0.300. The Labute approximate surface area is 148 Å². The summed E-state index contributed by atoms with van der Waals surface area (Å²) in [4.78, 5) is 12.7. The van der Waals surface area contributed by atoms with Gasteiger partial charge < -0.3 is 9.13 Å². The summed E-state index contributed by atoms with van der Waals surface area (Å²) in [6, 6.07) is 13.9. The SMILES string of the molecule is CBc1ccc(C(=O)Cn2c(=N)n(C)c3c(C(C)C)cccc32)cc1. The lowest BCUT2D eigenvalue weighted by Gasteiger charge is -2.09. The number of hydrogen-bond acceptors (Lipinski definition) is 2. The van der Waals surface area contributed by atoms with Gasteiger partial charge in [0.2, 0.25) is 5.62 Å². The molecule has 0 aliphatic carbocycles. The Morgan fingerprint density at radius 1 is 1.16 bits per heavy atom. The molecule has 0 saturated carbocycles. The molecule has 0 amide bonds. The van der Waals surface area contributed by atoms with E-state index in [1.165, 1.54) is 11.0 Å². The number of nitrogens with one attached hydrogen (secondary N) is 1. The zero-order chi connectivity index (χ0) is 18.1. The van der Waals surface area contributed by atoms with Gasteiger partial charge >= 0.3 is 0 Å². The molecule has 3 aromatic rings. The molecule has 0 bridgehead atoms. The molecular formula is C20H24BN3O. The Morgan fingerprint density at radius 2 is 1.84 bits per heavy atom. The lowest BCUT2D eigenvalue weighted by atomic mass is 9.73. The quantitative estimate of drug-likeness (QED) is 0.566. The average molecular weight is 333 g/mol. The van der Waals surface area contributed by atoms with Gasteiger partial charge in [-0.1, -0.05) is 62.5 Å². The Bertz CT molecular complexity index is 981. The van der Waals surface area contributed by atoms with Crippen molar-refractivity contribution in [1.82, 2.24) is 9.13 Å². The van der Waals surface area contributed by atoms with E-state index in [0.717, 1.165) is 18.3 Å². The molecule has 3 rings (SSSR count). The van der Waals surface area contributed by atoms with Crippen LogP contribution < -0.4 is 11.1 Å². The molecule has 0 atom stereocenters. The van der Waals surface area contributed by atoms with Gasteiger partial charge in [0.1, 0.15) is 0 Å². The highest BCUT2D eigenvalue weighted by molar-refractivity contribution is 6.51. The first-order valence-corrected chi connectivity index (χ1v) is 8.78. The molecule has 25 heavy (non-hydrogen) atoms. The van der Waals surface area contributed by atoms with Crippen molar-refractivity contribution in [3.63, 3.8) is 0 Å². The van der Waals surface area contributed by atoms with Gasteiger partial charge in [0.25, 0.3) is 0 Å². The van der Waals surface area contributed by atoms with E-state index in [9.17, 15) is 4.79 Å². The number of aromatic nitrogens is 2. The number of ketones is 1. The van der Waals surface area contributed by atoms with E-state index in [4.69, 9.17) is 5.41 Å². The molecule has 0 radical (unpaired) electrons. The van der Waals surface area contributed by atoms with Crippen LogP contribution in [0.15, 0.2) is 42.5 Å². The van der Waals surface area contributed by atoms with Gasteiger partial charge in [0.05, 0.1) is 17.6 Å². The zero-order valence-electron chi connectivity index (χ0n) is 15.3. The second-order valence-corrected chi connectivity index (χ2v) is 6.81. The summed E-state index contributed by atoms with van der Waals surface area (Å²) in [5, 5.41) is 8.45. The van der Waals surface area contributed by atoms with E-state index >= 15 is 0 Å². The number of rotatable bonds is 5. The van der Waals surface area contributed by atoms with Crippen LogP contribution in [-0.2, 0) is 13.6 Å². The third kappa shape index (κ3) is 3.06. The molecule has 1 heterocycles. The monoisotopic (exact) mass is 333 g/mol. The van der Waals surface area contributed by atoms with Gasteiger partial charge in [-0.25, -0.2) is 0 Å². The smallest absolute Gasteiger partial charge is 0.203 e. The largest absolute Gasteiger partial charge is 0.313 e. The number of hydrogen-bond donors (Lipinski definition) is 1. The van der Waals surface area contributed by atoms with Crippen molar-refractivity contribution in [1.29, 1.82) is 5.41 Å². The summed E-state index contributed by atoms with van der Waals surface area (Å²) >= 11 is 0. The molecule has 0 aliphatic heterocycles. The van der Waals surface area contributed by atoms with E-state index in [-0.39, 0.29) is 12.3 Å². The highest BCUT2D eigenvalue weighted by atomic mass is 16.1. The second kappa shape index (κ2) is 6.75. The maximum atomic E-state index is 12.7. The van der Waals surface area contributed by atoms with E-state index in [0.29, 0.717) is 17.1 Å². The van der Waals surface area contributed by atoms with E-state index in [1.807, 2.05) is 48.0 Å². The molecule has 1 N–H and O–H groups in total. The summed E-state index contributed by atoms with van der Waals surface area (Å²) in [7, 11) is 2.86. The lowest BCUT2D eigenvalue weighted by molar-refractivity contribution is 0.0971. The maximum Gasteiger partial charge on any atom is 0.203 e. The number of fused-ring (bicyclic) bond motifs is 1. The Hall–Kier alpha value is -2.56. The van der Waals surface area contributed by atoms with Crippen molar-refractivity contribution in [3.05, 3.63) is 59.2 Å². The maximum absolute atomic E-state index is 12.7. The number of carbonyl (C=O) groups excluding carboxylic acids is 1. The first-order valence-electron chi connectivity index (χ1n) is 8.78. The minimum atomic E-state index is 0.0311. The van der Waals surface area contributed by atoms with E-state index in [1.54, 1.807) is 4.57 Å². The number of imidazole rings is 1. The van der Waals surface area contributed by atoms with Crippen molar-refractivity contribution < 1.29 is 4.79 Å². The molecule has 5 heteroatoms. The summed E-state index contributed by atoms with van der Waals surface area (Å²) in [6.45, 7) is 6.58. The number of carbonyl (C=O) groups is 1. The molecule has 2 aromatic carbocycles. The van der Waals surface area contributed by atoms with Crippen molar-refractivity contribution in [2.45, 2.75) is 33.1 Å². The fourth-order valence-corrected chi connectivity index (χ4v) is 3.32. The number of benzene rings is 2. The van der Waals surface area contributed by atoms with Crippen molar-refractivity contribution in [3.8, 4) is 0 Å². The van der Waals surface area contributed by atoms with Crippen molar-refractivity contribution >= 4 is 29.6 Å². The van der Waals surface area contributed by atoms with Crippen molar-refractivity contribution in [2.24, 2.45) is 7.05 Å². The first-order chi connectivity index (χ1) is 11.9. The normalized spacial score (nSPS) is 11.2. The highest BCUT2D eigenvalue weighted by Crippen LogP contribution is 2.24. The van der Waals surface area contributed by atoms with Crippen LogP contribution in [0.2, 0.25) is 6.82 Å². The van der Waals surface area contributed by atoms with Gasteiger partial charge in [-0.15, -0.1) is 0 Å². The minimum Gasteiger partial charge on any atom is -0.313 e. The molecule has 0 spiro atoms. The van der Waals surface area contributed by atoms with Crippen LogP contribution in [0.5, 0.6) is 0 Å². The van der Waals surface area contributed by atoms with Crippen LogP contribution in [0, 0.1) is 5.41 Å². The van der Waals surface area contributed by atoms with Gasteiger partial charge in [-0.3, -0.25) is 10.2 Å². The third-order valence-corrected chi connectivity index (χ3v) is 4.85. The van der Waals surface area contributed by atoms with E-state index in [2.05, 4.69) is 26.7 Å². The third-order valence-electron chi connectivity index (χ3n) is 4.85. The van der Waals surface area contributed by atoms with Crippen LogP contribution in [0.3, 0.4) is 0 Å². The van der Waals surface area contributed by atoms with Crippen LogP contribution in [-0.4, -0.2) is 22.2 Å². The fourth-order valence-electron chi connectivity index (χ4n) is 3.32. The Kier molecular flexibility index (Phi) is 4.66. The Balaban J connectivity index is 2.04. The van der Waals surface area contributed by atoms with Crippen molar-refractivity contribution in [2.75, 3.05) is 0 Å². The lowest BCUT2D eigenvalue weighted by Crippen LogP contribution is -2.26. The zero-order valence-corrected chi connectivity index (χ0v) is 15.3. The number of para-hydroxylation sites is 1. The van der Waals surface area contributed by atoms with Gasteiger partial charge in [0, 0.05) is 12.6 Å². The minimum absolute atomic E-state index is 0.0311. The van der Waals surface area contributed by atoms with Crippen LogP contribution in [0.25, 0.3) is 11.0 Å². The van der Waals surface area contributed by atoms with Gasteiger partial charge in [-0.05, 0) is 17.5 Å². The van der Waals surface area contributed by atoms with Gasteiger partial charge in [-0.2, -0.15) is 0 Å². The summed E-state index contributed by atoms with van der Waals surface area (Å²) in [5.74, 6) is 0.394. The number of Topliss-reactive ketones (excluding diaryl/α,β-unsaturated/α-hetero) is 1. The van der Waals surface area contributed by atoms with Gasteiger partial charge in [0.15, 0.2) is 13.1 Å². The Morgan fingerprint density at radius 3 is 2.44 bits per heavy atom. The van der Waals surface area contributed by atoms with Crippen LogP contribution >= 0.6 is 0 Å². The number of aryl methyl sites for hydroxylation is 1. The molecule has 128 valence electrons. The topological polar surface area (TPSA) is 50.8 Å². The second-order valence-electron chi connectivity index (χ2n) is 6.81. The highest BCUT2D eigenvalue weighted by Gasteiger charge is 2.16. The summed E-state index contributed by atoms with van der Waals surface area (Å²) in [6.07, 6.45) is 0. The molecular weight excluding hydrogens is 309 g/mol. The molecule has 0 saturated heterocycles. The molecule has 0 aliphatic rings. The average Bonchev–Trinajstić information content (AvgIpc) is 2.86. The van der Waals surface area contributed by atoms with Crippen LogP contribution in [0.1, 0.15) is 35.7 Å². The standard InChI is InChI=1S/C20H24BN3O/c1-13(2)16-6-5-7-17-19(16)23(4)20(22)24(17)12-18(25)14-8-10-15(21-3)11-9-14/h5-11,13,21-22H,12H2,1-4H3. The molecule has 0 fully saturated rings. The van der Waals surface area contributed by atoms with E-state index < -0.39 is 0 Å². The first kappa shape index (κ1) is 17.3. The number of nitrogens with zero attached hydrogens (tertiary/aromatic N) is 2. The summed E-state index contributed by atoms with van der Waals surface area (Å²) < 4.78 is 3.68. The molecule has 0 unspecified atom stereocenters. The molecule has 4 nitrogen and oxygen atoms in total. The predicted molar refractivity (Wildman–Crippen MR) is 104 cm³/mol.